The topological polar surface area (TPSA) is 143 Å². The van der Waals surface area contributed by atoms with Gasteiger partial charge in [-0.3, -0.25) is 0 Å². The fourth-order valence-corrected chi connectivity index (χ4v) is 4.77. The zero-order valence-corrected chi connectivity index (χ0v) is 21.5. The van der Waals surface area contributed by atoms with Crippen LogP contribution in [0.5, 0.6) is 0 Å². The first-order valence-corrected chi connectivity index (χ1v) is 12.9. The van der Waals surface area contributed by atoms with Crippen LogP contribution in [0.3, 0.4) is 0 Å². The van der Waals surface area contributed by atoms with E-state index >= 15 is 0 Å². The monoisotopic (exact) mass is 522 g/mol. The van der Waals surface area contributed by atoms with Gasteiger partial charge in [-0.1, -0.05) is 31.2 Å². The molecule has 1 aromatic heterocycles. The average molecular weight is 523 g/mol. The SMILES string of the molecule is CCCN(c1cc(NC(=O)Nc2ccccc2F)cc(C2=CCCC=C2/C(=N/N)NN)n1)C1CCOCC1. The number of carbonyl (C=O) groups excluding carboxylic acids is 1. The van der Waals surface area contributed by atoms with Crippen molar-refractivity contribution in [3.63, 3.8) is 0 Å². The van der Waals surface area contributed by atoms with Crippen molar-refractivity contribution in [1.29, 1.82) is 0 Å². The number of hydrazone groups is 1. The molecule has 1 aliphatic carbocycles. The number of nitrogens with zero attached hydrogens (tertiary/aromatic N) is 3. The molecule has 2 aliphatic rings. The van der Waals surface area contributed by atoms with E-state index in [1.165, 1.54) is 12.1 Å². The summed E-state index contributed by atoms with van der Waals surface area (Å²) in [5.74, 6) is 11.8. The number of hydrazine groups is 1. The van der Waals surface area contributed by atoms with E-state index in [4.69, 9.17) is 21.4 Å². The highest BCUT2D eigenvalue weighted by Crippen LogP contribution is 2.33. The maximum atomic E-state index is 14.1. The Bertz CT molecular complexity index is 1220. The number of amides is 2. The number of anilines is 3. The Hall–Kier alpha value is -3.96. The summed E-state index contributed by atoms with van der Waals surface area (Å²) in [5, 5.41) is 9.23. The molecule has 4 rings (SSSR count). The molecule has 0 radical (unpaired) electrons. The van der Waals surface area contributed by atoms with Crippen LogP contribution in [0.2, 0.25) is 0 Å². The number of urea groups is 1. The lowest BCUT2D eigenvalue weighted by Gasteiger charge is -2.35. The van der Waals surface area contributed by atoms with Crippen molar-refractivity contribution in [2.75, 3.05) is 35.3 Å². The predicted molar refractivity (Wildman–Crippen MR) is 149 cm³/mol. The number of aromatic nitrogens is 1. The Morgan fingerprint density at radius 1 is 1.18 bits per heavy atom. The average Bonchev–Trinajstić information content (AvgIpc) is 2.94. The smallest absolute Gasteiger partial charge is 0.323 e. The van der Waals surface area contributed by atoms with E-state index in [-0.39, 0.29) is 11.7 Å². The van der Waals surface area contributed by atoms with E-state index < -0.39 is 11.8 Å². The van der Waals surface area contributed by atoms with Gasteiger partial charge in [0.2, 0.25) is 0 Å². The molecule has 1 aliphatic heterocycles. The third-order valence-corrected chi connectivity index (χ3v) is 6.53. The number of carbonyl (C=O) groups is 1. The van der Waals surface area contributed by atoms with Gasteiger partial charge >= 0.3 is 6.03 Å². The third-order valence-electron chi connectivity index (χ3n) is 6.53. The van der Waals surface area contributed by atoms with Crippen molar-refractivity contribution in [2.45, 2.75) is 45.1 Å². The number of allylic oxidation sites excluding steroid dienone is 2. The molecular formula is C27H35FN8O2. The highest BCUT2D eigenvalue weighted by atomic mass is 19.1. The van der Waals surface area contributed by atoms with E-state index in [0.717, 1.165) is 55.6 Å². The first kappa shape index (κ1) is 27.1. The molecule has 10 nitrogen and oxygen atoms in total. The van der Waals surface area contributed by atoms with Crippen LogP contribution in [0.4, 0.5) is 26.4 Å². The van der Waals surface area contributed by atoms with Crippen LogP contribution < -0.4 is 32.6 Å². The second kappa shape index (κ2) is 13.0. The van der Waals surface area contributed by atoms with Crippen molar-refractivity contribution in [3.05, 3.63) is 65.6 Å². The molecular weight excluding hydrogens is 487 g/mol. The van der Waals surface area contributed by atoms with Gasteiger partial charge in [-0.15, -0.1) is 0 Å². The van der Waals surface area contributed by atoms with Gasteiger partial charge in [0.05, 0.1) is 11.4 Å². The van der Waals surface area contributed by atoms with E-state index in [2.05, 4.69) is 39.1 Å². The van der Waals surface area contributed by atoms with Gasteiger partial charge in [0.25, 0.3) is 0 Å². The van der Waals surface area contributed by atoms with Gasteiger partial charge in [-0.25, -0.2) is 20.0 Å². The minimum atomic E-state index is -0.562. The first-order chi connectivity index (χ1) is 18.5. The number of hydrogen-bond donors (Lipinski definition) is 5. The minimum Gasteiger partial charge on any atom is -0.381 e. The number of para-hydroxylation sites is 1. The van der Waals surface area contributed by atoms with Gasteiger partial charge < -0.3 is 31.5 Å². The zero-order valence-electron chi connectivity index (χ0n) is 21.5. The number of ether oxygens (including phenoxy) is 1. The Morgan fingerprint density at radius 2 is 1.95 bits per heavy atom. The molecule has 202 valence electrons. The quantitative estimate of drug-likeness (QED) is 0.152. The Labute approximate surface area is 222 Å². The second-order valence-electron chi connectivity index (χ2n) is 9.13. The van der Waals surface area contributed by atoms with Crippen molar-refractivity contribution in [3.8, 4) is 0 Å². The fourth-order valence-electron chi connectivity index (χ4n) is 4.77. The predicted octanol–water partition coefficient (Wildman–Crippen LogP) is 4.10. The van der Waals surface area contributed by atoms with Crippen molar-refractivity contribution >= 4 is 34.6 Å². The standard InChI is InChI=1S/C27H35FN8O2/c1-2-13-36(19-11-14-38-15-12-19)25-17-18(31-27(37)33-23-10-6-5-9-22(23)28)16-24(32-25)20-7-3-4-8-21(20)26(34-29)35-30/h5-10,16-17,19H,2-4,11-15,29-30H2,1H3,(H,34,35)(H2,31,32,33,37). The van der Waals surface area contributed by atoms with Crippen LogP contribution in [-0.2, 0) is 4.74 Å². The highest BCUT2D eigenvalue weighted by molar-refractivity contribution is 6.12. The number of nitrogens with one attached hydrogen (secondary N) is 3. The largest absolute Gasteiger partial charge is 0.381 e. The maximum Gasteiger partial charge on any atom is 0.323 e. The molecule has 2 heterocycles. The summed E-state index contributed by atoms with van der Waals surface area (Å²) in [5.41, 5.74) is 5.35. The Morgan fingerprint density at radius 3 is 2.66 bits per heavy atom. The molecule has 7 N–H and O–H groups in total. The molecule has 0 bridgehead atoms. The lowest BCUT2D eigenvalue weighted by Crippen LogP contribution is -2.40. The first-order valence-electron chi connectivity index (χ1n) is 12.9. The number of amidine groups is 1. The molecule has 0 unspecified atom stereocenters. The normalized spacial score (nSPS) is 16.3. The molecule has 1 fully saturated rings. The summed E-state index contributed by atoms with van der Waals surface area (Å²) in [6.45, 7) is 4.30. The van der Waals surface area contributed by atoms with E-state index in [1.54, 1.807) is 18.2 Å². The number of pyridine rings is 1. The number of rotatable bonds is 8. The van der Waals surface area contributed by atoms with Gasteiger partial charge in [-0.05, 0) is 50.3 Å². The lowest BCUT2D eigenvalue weighted by atomic mass is 9.93. The van der Waals surface area contributed by atoms with Gasteiger partial charge in [0.15, 0.2) is 5.84 Å². The molecule has 2 aromatic rings. The van der Waals surface area contributed by atoms with Crippen molar-refractivity contribution in [1.82, 2.24) is 10.4 Å². The van der Waals surface area contributed by atoms with Crippen LogP contribution in [0.1, 0.15) is 44.7 Å². The van der Waals surface area contributed by atoms with Gasteiger partial charge in [-0.2, -0.15) is 5.10 Å². The Balaban J connectivity index is 1.72. The lowest BCUT2D eigenvalue weighted by molar-refractivity contribution is 0.0843. The number of halogens is 1. The summed E-state index contributed by atoms with van der Waals surface area (Å²) in [6, 6.07) is 9.35. The van der Waals surface area contributed by atoms with E-state index in [9.17, 15) is 9.18 Å². The van der Waals surface area contributed by atoms with Crippen molar-refractivity contribution in [2.24, 2.45) is 16.8 Å². The molecule has 1 saturated heterocycles. The van der Waals surface area contributed by atoms with Crippen LogP contribution >= 0.6 is 0 Å². The molecule has 1 aromatic carbocycles. The number of hydrogen-bond acceptors (Lipinski definition) is 7. The molecule has 0 atom stereocenters. The summed E-state index contributed by atoms with van der Waals surface area (Å²) >= 11 is 0. The maximum absolute atomic E-state index is 14.1. The third kappa shape index (κ3) is 6.48. The van der Waals surface area contributed by atoms with Gasteiger partial charge in [0, 0.05) is 48.7 Å². The number of benzene rings is 1. The summed E-state index contributed by atoms with van der Waals surface area (Å²) in [4.78, 5) is 20.2. The Kier molecular flexibility index (Phi) is 9.28. The summed E-state index contributed by atoms with van der Waals surface area (Å²) in [7, 11) is 0. The van der Waals surface area contributed by atoms with Crippen molar-refractivity contribution < 1.29 is 13.9 Å². The minimum absolute atomic E-state index is 0.0901. The fraction of sp³-hybridized carbons (Fsp3) is 0.370. The van der Waals surface area contributed by atoms with Crippen LogP contribution in [0, 0.1) is 5.82 Å². The molecule has 0 spiro atoms. The summed E-state index contributed by atoms with van der Waals surface area (Å²) in [6.07, 6.45) is 8.38. The molecule has 0 saturated carbocycles. The van der Waals surface area contributed by atoms with Gasteiger partial charge in [0.1, 0.15) is 11.6 Å². The number of nitrogens with two attached hydrogens (primary N) is 2. The highest BCUT2D eigenvalue weighted by Gasteiger charge is 2.25. The summed E-state index contributed by atoms with van der Waals surface area (Å²) < 4.78 is 19.7. The molecule has 11 heteroatoms. The van der Waals surface area contributed by atoms with Crippen LogP contribution in [0.15, 0.2) is 59.2 Å². The van der Waals surface area contributed by atoms with E-state index in [1.807, 2.05) is 12.1 Å². The molecule has 38 heavy (non-hydrogen) atoms. The second-order valence-corrected chi connectivity index (χ2v) is 9.13. The van der Waals surface area contributed by atoms with E-state index in [0.29, 0.717) is 30.4 Å². The zero-order chi connectivity index (χ0) is 26.9. The molecule has 2 amide bonds. The van der Waals surface area contributed by atoms with Crippen LogP contribution in [-0.4, -0.2) is 42.7 Å². The van der Waals surface area contributed by atoms with Crippen LogP contribution in [0.25, 0.3) is 5.57 Å².